The highest BCUT2D eigenvalue weighted by atomic mass is 19.2. The average molecular weight is 378 g/mol. The van der Waals surface area contributed by atoms with Crippen LogP contribution in [-0.4, -0.2) is 39.7 Å². The van der Waals surface area contributed by atoms with Crippen LogP contribution in [0.5, 0.6) is 0 Å². The second-order valence-corrected chi connectivity index (χ2v) is 7.47. The summed E-state index contributed by atoms with van der Waals surface area (Å²) in [6, 6.07) is 2.83. The van der Waals surface area contributed by atoms with E-state index >= 15 is 0 Å². The molecule has 2 fully saturated rings. The smallest absolute Gasteiger partial charge is 0.224 e. The summed E-state index contributed by atoms with van der Waals surface area (Å²) in [5.41, 5.74) is 7.01. The van der Waals surface area contributed by atoms with Crippen molar-refractivity contribution in [3.05, 3.63) is 53.1 Å². The third-order valence-corrected chi connectivity index (χ3v) is 5.22. The predicted octanol–water partition coefficient (Wildman–Crippen LogP) is 2.52. The molecule has 8 heteroatoms. The largest absolute Gasteiger partial charge is 0.338 e. The van der Waals surface area contributed by atoms with Gasteiger partial charge in [0.25, 0.3) is 0 Å². The van der Waals surface area contributed by atoms with Crippen LogP contribution in [0.2, 0.25) is 0 Å². The lowest BCUT2D eigenvalue weighted by atomic mass is 10.0. The maximum absolute atomic E-state index is 13.7. The van der Waals surface area contributed by atoms with Crippen molar-refractivity contribution in [3.63, 3.8) is 0 Å². The lowest BCUT2D eigenvalue weighted by molar-refractivity contribution is -0.137. The molecule has 2 heterocycles. The van der Waals surface area contributed by atoms with E-state index in [1.165, 1.54) is 12.8 Å². The molecular weight excluding hydrogens is 357 g/mol. The molecule has 2 N–H and O–H groups in total. The fraction of sp³-hybridized carbons (Fsp3) is 0.474. The van der Waals surface area contributed by atoms with E-state index in [-0.39, 0.29) is 30.4 Å². The van der Waals surface area contributed by atoms with Crippen LogP contribution in [0.3, 0.4) is 0 Å². The van der Waals surface area contributed by atoms with Crippen LogP contribution in [0, 0.1) is 17.5 Å². The minimum atomic E-state index is -1.24. The standard InChI is InChI=1S/C19H21F3N4O/c20-15-8-17(22)16(21)6-12(15)5-13(23)7-19(27)25-9-14(10-25)26-4-3-18(24-26)11-1-2-11/h3-4,6,8,11,13-14H,1-2,5,7,9-10,23H2. The molecule has 5 nitrogen and oxygen atoms in total. The predicted molar refractivity (Wildman–Crippen MR) is 92.4 cm³/mol. The normalized spacial score (nSPS) is 18.4. The SMILES string of the molecule is NC(CC(=O)N1CC(n2ccc(C3CC3)n2)C1)Cc1cc(F)c(F)cc1F. The number of nitrogens with zero attached hydrogens (tertiary/aromatic N) is 3. The Kier molecular flexibility index (Phi) is 4.67. The van der Waals surface area contributed by atoms with E-state index in [1.807, 2.05) is 16.9 Å². The second kappa shape index (κ2) is 6.99. The van der Waals surface area contributed by atoms with Gasteiger partial charge in [-0.1, -0.05) is 0 Å². The molecule has 27 heavy (non-hydrogen) atoms. The molecular formula is C19H21F3N4O. The number of likely N-dealkylation sites (tertiary alicyclic amines) is 1. The van der Waals surface area contributed by atoms with Crippen LogP contribution < -0.4 is 5.73 Å². The van der Waals surface area contributed by atoms with Gasteiger partial charge >= 0.3 is 0 Å². The van der Waals surface area contributed by atoms with Gasteiger partial charge in [0.15, 0.2) is 11.6 Å². The zero-order valence-corrected chi connectivity index (χ0v) is 14.7. The molecule has 1 atom stereocenters. The summed E-state index contributed by atoms with van der Waals surface area (Å²) in [4.78, 5) is 14.0. The molecule has 1 amide bonds. The Morgan fingerprint density at radius 1 is 1.19 bits per heavy atom. The quantitative estimate of drug-likeness (QED) is 0.786. The molecule has 1 aromatic carbocycles. The number of nitrogens with two attached hydrogens (primary N) is 1. The van der Waals surface area contributed by atoms with Crippen LogP contribution in [-0.2, 0) is 11.2 Å². The first kappa shape index (κ1) is 18.0. The van der Waals surface area contributed by atoms with E-state index < -0.39 is 23.5 Å². The number of hydrogen-bond acceptors (Lipinski definition) is 3. The van der Waals surface area contributed by atoms with Gasteiger partial charge in [-0.05, 0) is 37.0 Å². The van der Waals surface area contributed by atoms with Gasteiger partial charge in [0.05, 0.1) is 11.7 Å². The van der Waals surface area contributed by atoms with Crippen molar-refractivity contribution >= 4 is 5.91 Å². The van der Waals surface area contributed by atoms with Crippen LogP contribution >= 0.6 is 0 Å². The molecule has 144 valence electrons. The van der Waals surface area contributed by atoms with Crippen LogP contribution in [0.25, 0.3) is 0 Å². The van der Waals surface area contributed by atoms with Crippen molar-refractivity contribution in [1.82, 2.24) is 14.7 Å². The minimum Gasteiger partial charge on any atom is -0.338 e. The lowest BCUT2D eigenvalue weighted by Crippen LogP contribution is -2.52. The van der Waals surface area contributed by atoms with Gasteiger partial charge in [0.1, 0.15) is 5.82 Å². The van der Waals surface area contributed by atoms with Crippen molar-refractivity contribution in [1.29, 1.82) is 0 Å². The van der Waals surface area contributed by atoms with Crippen molar-refractivity contribution in [2.45, 2.75) is 43.7 Å². The van der Waals surface area contributed by atoms with Gasteiger partial charge in [-0.25, -0.2) is 13.2 Å². The van der Waals surface area contributed by atoms with Crippen molar-refractivity contribution in [2.75, 3.05) is 13.1 Å². The number of carbonyl (C=O) groups is 1. The minimum absolute atomic E-state index is 0.0254. The molecule has 1 unspecified atom stereocenters. The van der Waals surface area contributed by atoms with Gasteiger partial charge < -0.3 is 10.6 Å². The van der Waals surface area contributed by atoms with Crippen LogP contribution in [0.4, 0.5) is 13.2 Å². The molecule has 0 spiro atoms. The summed E-state index contributed by atoms with van der Waals surface area (Å²) in [5.74, 6) is -2.75. The fourth-order valence-electron chi connectivity index (χ4n) is 3.41. The zero-order valence-electron chi connectivity index (χ0n) is 14.7. The van der Waals surface area contributed by atoms with E-state index in [1.54, 1.807) is 4.90 Å². The summed E-state index contributed by atoms with van der Waals surface area (Å²) in [6.07, 6.45) is 4.34. The van der Waals surface area contributed by atoms with Gasteiger partial charge in [0.2, 0.25) is 5.91 Å². The number of hydrogen-bond donors (Lipinski definition) is 1. The molecule has 0 bridgehead atoms. The van der Waals surface area contributed by atoms with E-state index in [2.05, 4.69) is 5.10 Å². The van der Waals surface area contributed by atoms with Crippen molar-refractivity contribution in [2.24, 2.45) is 5.73 Å². The number of carbonyl (C=O) groups excluding carboxylic acids is 1. The molecule has 1 aliphatic carbocycles. The third kappa shape index (κ3) is 3.85. The van der Waals surface area contributed by atoms with Crippen LogP contribution in [0.15, 0.2) is 24.4 Å². The maximum Gasteiger partial charge on any atom is 0.224 e. The molecule has 4 rings (SSSR count). The Balaban J connectivity index is 1.27. The summed E-state index contributed by atoms with van der Waals surface area (Å²) in [7, 11) is 0. The molecule has 2 aliphatic rings. The second-order valence-electron chi connectivity index (χ2n) is 7.47. The lowest BCUT2D eigenvalue weighted by Gasteiger charge is -2.39. The number of halogens is 3. The Bertz CT molecular complexity index is 859. The number of aromatic nitrogens is 2. The van der Waals surface area contributed by atoms with Gasteiger partial charge in [-0.3, -0.25) is 9.48 Å². The summed E-state index contributed by atoms with van der Waals surface area (Å²) in [6.45, 7) is 1.13. The topological polar surface area (TPSA) is 64.2 Å². The van der Waals surface area contributed by atoms with Crippen molar-refractivity contribution < 1.29 is 18.0 Å². The van der Waals surface area contributed by atoms with E-state index in [4.69, 9.17) is 5.73 Å². The molecule has 1 aliphatic heterocycles. The molecule has 1 saturated carbocycles. The Hall–Kier alpha value is -2.35. The monoisotopic (exact) mass is 378 g/mol. The molecule has 1 saturated heterocycles. The fourth-order valence-corrected chi connectivity index (χ4v) is 3.41. The number of amides is 1. The molecule has 0 radical (unpaired) electrons. The molecule has 1 aromatic heterocycles. The van der Waals surface area contributed by atoms with Gasteiger partial charge in [-0.2, -0.15) is 5.10 Å². The Morgan fingerprint density at radius 3 is 2.59 bits per heavy atom. The van der Waals surface area contributed by atoms with E-state index in [0.29, 0.717) is 25.1 Å². The van der Waals surface area contributed by atoms with Crippen molar-refractivity contribution in [3.8, 4) is 0 Å². The number of rotatable bonds is 6. The van der Waals surface area contributed by atoms with Crippen LogP contribution in [0.1, 0.15) is 42.5 Å². The first-order valence-corrected chi connectivity index (χ1v) is 9.12. The molecule has 2 aromatic rings. The van der Waals surface area contributed by atoms with Gasteiger partial charge in [-0.15, -0.1) is 0 Å². The van der Waals surface area contributed by atoms with Gasteiger partial charge in [0, 0.05) is 43.7 Å². The summed E-state index contributed by atoms with van der Waals surface area (Å²) < 4.78 is 41.8. The maximum atomic E-state index is 13.7. The zero-order chi connectivity index (χ0) is 19.1. The highest BCUT2D eigenvalue weighted by Crippen LogP contribution is 2.39. The average Bonchev–Trinajstić information content (AvgIpc) is 3.30. The number of benzene rings is 1. The van der Waals surface area contributed by atoms with E-state index in [9.17, 15) is 18.0 Å². The highest BCUT2D eigenvalue weighted by Gasteiger charge is 2.34. The van der Waals surface area contributed by atoms with E-state index in [0.717, 1.165) is 11.8 Å². The third-order valence-electron chi connectivity index (χ3n) is 5.22. The summed E-state index contributed by atoms with van der Waals surface area (Å²) >= 11 is 0. The first-order chi connectivity index (χ1) is 12.9. The summed E-state index contributed by atoms with van der Waals surface area (Å²) in [5, 5.41) is 4.58. The Morgan fingerprint density at radius 2 is 1.89 bits per heavy atom. The highest BCUT2D eigenvalue weighted by molar-refractivity contribution is 5.77. The first-order valence-electron chi connectivity index (χ1n) is 9.12. The Labute approximate surface area is 154 Å².